The number of nitrogens with one attached hydrogen (secondary N) is 2. The molecule has 0 saturated carbocycles. The summed E-state index contributed by atoms with van der Waals surface area (Å²) in [4.78, 5) is 26.0. The zero-order chi connectivity index (χ0) is 23.9. The number of piperidine rings is 1. The number of urea groups is 1. The molecular formula is C24H38BrN3O4. The van der Waals surface area contributed by atoms with Crippen LogP contribution in [0.5, 0.6) is 5.75 Å². The molecule has 0 unspecified atom stereocenters. The van der Waals surface area contributed by atoms with E-state index >= 15 is 0 Å². The summed E-state index contributed by atoms with van der Waals surface area (Å²) in [6.45, 7) is 14.3. The fourth-order valence-corrected chi connectivity index (χ4v) is 3.80. The van der Waals surface area contributed by atoms with E-state index in [1.165, 1.54) is 5.56 Å². The monoisotopic (exact) mass is 511 g/mol. The summed E-state index contributed by atoms with van der Waals surface area (Å²) in [7, 11) is 0. The van der Waals surface area contributed by atoms with Crippen LogP contribution in [-0.2, 0) is 10.2 Å². The Morgan fingerprint density at radius 2 is 1.78 bits per heavy atom. The lowest BCUT2D eigenvalue weighted by Gasteiger charge is -2.33. The fraction of sp³-hybridized carbons (Fsp3) is 0.667. The van der Waals surface area contributed by atoms with Crippen molar-refractivity contribution in [1.29, 1.82) is 0 Å². The maximum absolute atomic E-state index is 12.2. The van der Waals surface area contributed by atoms with Crippen LogP contribution >= 0.6 is 15.9 Å². The standard InChI is InChI=1S/C24H38BrN3O4/c1-23(2,3)17-8-9-20(19(25)16-17)31-15-7-12-26-21(29)27-18-10-13-28(14-11-18)22(30)32-24(4,5)6/h8-9,16,18H,7,10-15H2,1-6H3,(H2,26,27,29). The molecule has 0 spiro atoms. The van der Waals surface area contributed by atoms with E-state index < -0.39 is 5.60 Å². The van der Waals surface area contributed by atoms with Gasteiger partial charge in [-0.15, -0.1) is 0 Å². The molecule has 8 heteroatoms. The molecule has 1 fully saturated rings. The van der Waals surface area contributed by atoms with Gasteiger partial charge in [-0.2, -0.15) is 0 Å². The lowest BCUT2D eigenvalue weighted by atomic mass is 9.87. The Labute approximate surface area is 200 Å². The zero-order valence-electron chi connectivity index (χ0n) is 20.2. The van der Waals surface area contributed by atoms with Gasteiger partial charge in [0.15, 0.2) is 0 Å². The van der Waals surface area contributed by atoms with E-state index in [2.05, 4.69) is 59.5 Å². The number of amides is 3. The maximum Gasteiger partial charge on any atom is 0.410 e. The first kappa shape index (κ1) is 26.3. The van der Waals surface area contributed by atoms with Gasteiger partial charge in [-0.1, -0.05) is 26.8 Å². The third-order valence-corrected chi connectivity index (χ3v) is 5.76. The fourth-order valence-electron chi connectivity index (χ4n) is 3.31. The summed E-state index contributed by atoms with van der Waals surface area (Å²) in [6.07, 6.45) is 1.85. The van der Waals surface area contributed by atoms with Crippen LogP contribution in [-0.4, -0.2) is 54.9 Å². The maximum atomic E-state index is 12.2. The Kier molecular flexibility index (Phi) is 9.25. The van der Waals surface area contributed by atoms with Crippen molar-refractivity contribution in [3.8, 4) is 5.75 Å². The second kappa shape index (κ2) is 11.3. The van der Waals surface area contributed by atoms with Crippen LogP contribution in [0.25, 0.3) is 0 Å². The van der Waals surface area contributed by atoms with Gasteiger partial charge in [0.25, 0.3) is 0 Å². The average Bonchev–Trinajstić information content (AvgIpc) is 2.67. The molecule has 0 aromatic heterocycles. The van der Waals surface area contributed by atoms with Crippen molar-refractivity contribution in [3.05, 3.63) is 28.2 Å². The first-order valence-electron chi connectivity index (χ1n) is 11.3. The molecule has 1 saturated heterocycles. The quantitative estimate of drug-likeness (QED) is 0.513. The Morgan fingerprint density at radius 1 is 1.12 bits per heavy atom. The smallest absolute Gasteiger partial charge is 0.410 e. The Bertz CT molecular complexity index is 778. The number of carbonyl (C=O) groups is 2. The lowest BCUT2D eigenvalue weighted by Crippen LogP contribution is -2.50. The number of halogens is 1. The minimum absolute atomic E-state index is 0.0576. The number of likely N-dealkylation sites (tertiary alicyclic amines) is 1. The van der Waals surface area contributed by atoms with Crippen molar-refractivity contribution in [3.63, 3.8) is 0 Å². The number of carbonyl (C=O) groups excluding carboxylic acids is 2. The summed E-state index contributed by atoms with van der Waals surface area (Å²) >= 11 is 3.58. The summed E-state index contributed by atoms with van der Waals surface area (Å²) in [5, 5.41) is 5.87. The van der Waals surface area contributed by atoms with Crippen LogP contribution in [0.2, 0.25) is 0 Å². The molecule has 180 valence electrons. The Balaban J connectivity index is 1.62. The second-order valence-electron chi connectivity index (χ2n) is 10.2. The highest BCUT2D eigenvalue weighted by molar-refractivity contribution is 9.10. The van der Waals surface area contributed by atoms with Crippen LogP contribution in [0.1, 0.15) is 66.4 Å². The molecule has 0 bridgehead atoms. The van der Waals surface area contributed by atoms with Crippen molar-refractivity contribution in [1.82, 2.24) is 15.5 Å². The summed E-state index contributed by atoms with van der Waals surface area (Å²) in [5.41, 5.74) is 0.832. The average molecular weight is 512 g/mol. The molecule has 1 aromatic carbocycles. The Hall–Kier alpha value is -1.96. The van der Waals surface area contributed by atoms with E-state index in [1.807, 2.05) is 26.8 Å². The minimum atomic E-state index is -0.498. The Morgan fingerprint density at radius 3 is 2.34 bits per heavy atom. The number of ether oxygens (including phenoxy) is 2. The molecule has 0 aliphatic carbocycles. The SMILES string of the molecule is CC(C)(C)OC(=O)N1CCC(NC(=O)NCCCOc2ccc(C(C)(C)C)cc2Br)CC1. The number of hydrogen-bond acceptors (Lipinski definition) is 4. The summed E-state index contributed by atoms with van der Waals surface area (Å²) in [6, 6.07) is 6.03. The van der Waals surface area contributed by atoms with Crippen LogP contribution in [0.4, 0.5) is 9.59 Å². The van der Waals surface area contributed by atoms with Crippen LogP contribution in [0.3, 0.4) is 0 Å². The van der Waals surface area contributed by atoms with Crippen LogP contribution in [0, 0.1) is 0 Å². The van der Waals surface area contributed by atoms with Gasteiger partial charge in [0.1, 0.15) is 11.4 Å². The molecule has 1 aromatic rings. The highest BCUT2D eigenvalue weighted by atomic mass is 79.9. The van der Waals surface area contributed by atoms with Crippen molar-refractivity contribution in [2.24, 2.45) is 0 Å². The van der Waals surface area contributed by atoms with Gasteiger partial charge in [-0.25, -0.2) is 9.59 Å². The molecule has 1 aliphatic rings. The second-order valence-corrected chi connectivity index (χ2v) is 11.1. The van der Waals surface area contributed by atoms with Gasteiger partial charge in [-0.3, -0.25) is 0 Å². The van der Waals surface area contributed by atoms with Gasteiger partial charge < -0.3 is 25.0 Å². The molecule has 32 heavy (non-hydrogen) atoms. The normalized spacial score (nSPS) is 15.3. The van der Waals surface area contributed by atoms with Gasteiger partial charge in [-0.05, 0) is 79.1 Å². The first-order chi connectivity index (χ1) is 14.8. The molecular weight excluding hydrogens is 474 g/mol. The van der Waals surface area contributed by atoms with Gasteiger partial charge in [0, 0.05) is 25.7 Å². The third kappa shape index (κ3) is 8.88. The van der Waals surface area contributed by atoms with Crippen molar-refractivity contribution in [2.45, 2.75) is 77.9 Å². The molecule has 1 heterocycles. The van der Waals surface area contributed by atoms with Crippen molar-refractivity contribution < 1.29 is 19.1 Å². The van der Waals surface area contributed by atoms with E-state index in [4.69, 9.17) is 9.47 Å². The molecule has 7 nitrogen and oxygen atoms in total. The molecule has 1 aliphatic heterocycles. The van der Waals surface area contributed by atoms with E-state index in [-0.39, 0.29) is 23.6 Å². The topological polar surface area (TPSA) is 79.9 Å². The summed E-state index contributed by atoms with van der Waals surface area (Å²) < 4.78 is 12.2. The van der Waals surface area contributed by atoms with Crippen molar-refractivity contribution >= 4 is 28.1 Å². The van der Waals surface area contributed by atoms with Crippen molar-refractivity contribution in [2.75, 3.05) is 26.2 Å². The lowest BCUT2D eigenvalue weighted by molar-refractivity contribution is 0.0201. The predicted molar refractivity (Wildman–Crippen MR) is 130 cm³/mol. The third-order valence-electron chi connectivity index (χ3n) is 5.14. The minimum Gasteiger partial charge on any atom is -0.492 e. The number of nitrogens with zero attached hydrogens (tertiary/aromatic N) is 1. The number of benzene rings is 1. The zero-order valence-corrected chi connectivity index (χ0v) is 21.8. The highest BCUT2D eigenvalue weighted by Gasteiger charge is 2.27. The van der Waals surface area contributed by atoms with Crippen LogP contribution < -0.4 is 15.4 Å². The van der Waals surface area contributed by atoms with E-state index in [1.54, 1.807) is 4.90 Å². The van der Waals surface area contributed by atoms with E-state index in [9.17, 15) is 9.59 Å². The number of rotatable bonds is 6. The molecule has 2 N–H and O–H groups in total. The summed E-state index contributed by atoms with van der Waals surface area (Å²) in [5.74, 6) is 0.805. The van der Waals surface area contributed by atoms with Gasteiger partial charge in [0.2, 0.25) is 0 Å². The molecule has 0 atom stereocenters. The predicted octanol–water partition coefficient (Wildman–Crippen LogP) is 5.21. The highest BCUT2D eigenvalue weighted by Crippen LogP contribution is 2.31. The van der Waals surface area contributed by atoms with E-state index in [0.29, 0.717) is 45.5 Å². The van der Waals surface area contributed by atoms with Gasteiger partial charge >= 0.3 is 12.1 Å². The number of hydrogen-bond donors (Lipinski definition) is 2. The molecule has 2 rings (SSSR count). The van der Waals surface area contributed by atoms with Crippen LogP contribution in [0.15, 0.2) is 22.7 Å². The molecule has 0 radical (unpaired) electrons. The largest absolute Gasteiger partial charge is 0.492 e. The van der Waals surface area contributed by atoms with Gasteiger partial charge in [0.05, 0.1) is 11.1 Å². The van der Waals surface area contributed by atoms with E-state index in [0.717, 1.165) is 10.2 Å². The first-order valence-corrected chi connectivity index (χ1v) is 12.1. The molecule has 3 amide bonds.